The molecule has 0 spiro atoms. The fourth-order valence-electron chi connectivity index (χ4n) is 2.11. The summed E-state index contributed by atoms with van der Waals surface area (Å²) in [5, 5.41) is 2.19. The highest BCUT2D eigenvalue weighted by atomic mass is 32.1. The van der Waals surface area contributed by atoms with Crippen molar-refractivity contribution in [2.75, 3.05) is 6.54 Å². The number of thiazole rings is 1. The first-order valence-corrected chi connectivity index (χ1v) is 5.87. The van der Waals surface area contributed by atoms with E-state index in [0.717, 1.165) is 0 Å². The molecule has 2 nitrogen and oxygen atoms in total. The molecule has 1 aliphatic heterocycles. The molecule has 0 amide bonds. The number of nitrogens with zero attached hydrogens (tertiary/aromatic N) is 2. The van der Waals surface area contributed by atoms with E-state index in [2.05, 4.69) is 29.1 Å². The average Bonchev–Trinajstić information content (AvgIpc) is 2.74. The van der Waals surface area contributed by atoms with Gasteiger partial charge in [-0.05, 0) is 33.2 Å². The van der Waals surface area contributed by atoms with Crippen molar-refractivity contribution in [3.05, 3.63) is 16.6 Å². The molecule has 0 saturated carbocycles. The Morgan fingerprint density at radius 1 is 1.62 bits per heavy atom. The predicted molar refractivity (Wildman–Crippen MR) is 55.9 cm³/mol. The SMILES string of the molecule is CC(C)N1CCCC1c1cscn1. The van der Waals surface area contributed by atoms with Crippen molar-refractivity contribution in [2.24, 2.45) is 0 Å². The number of rotatable bonds is 2. The van der Waals surface area contributed by atoms with E-state index in [4.69, 9.17) is 0 Å². The second-order valence-corrected chi connectivity index (χ2v) is 4.62. The Kier molecular flexibility index (Phi) is 2.65. The van der Waals surface area contributed by atoms with Gasteiger partial charge in [0.1, 0.15) is 0 Å². The smallest absolute Gasteiger partial charge is 0.0795 e. The topological polar surface area (TPSA) is 16.1 Å². The molecule has 1 aliphatic rings. The molecule has 0 aromatic carbocycles. The van der Waals surface area contributed by atoms with Crippen LogP contribution in [0.4, 0.5) is 0 Å². The lowest BCUT2D eigenvalue weighted by molar-refractivity contribution is 0.203. The van der Waals surface area contributed by atoms with Crippen molar-refractivity contribution in [3.63, 3.8) is 0 Å². The van der Waals surface area contributed by atoms with E-state index in [-0.39, 0.29) is 0 Å². The summed E-state index contributed by atoms with van der Waals surface area (Å²) in [6.07, 6.45) is 2.60. The van der Waals surface area contributed by atoms with Gasteiger partial charge in [-0.1, -0.05) is 0 Å². The van der Waals surface area contributed by atoms with Gasteiger partial charge in [0.25, 0.3) is 0 Å². The Morgan fingerprint density at radius 3 is 3.08 bits per heavy atom. The maximum Gasteiger partial charge on any atom is 0.0795 e. The molecule has 3 heteroatoms. The highest BCUT2D eigenvalue weighted by molar-refractivity contribution is 7.07. The van der Waals surface area contributed by atoms with Gasteiger partial charge in [-0.25, -0.2) is 4.98 Å². The van der Waals surface area contributed by atoms with Gasteiger partial charge >= 0.3 is 0 Å². The third kappa shape index (κ3) is 1.76. The Labute approximate surface area is 83.6 Å². The number of hydrogen-bond donors (Lipinski definition) is 0. The van der Waals surface area contributed by atoms with Gasteiger partial charge < -0.3 is 0 Å². The molecule has 0 N–H and O–H groups in total. The quantitative estimate of drug-likeness (QED) is 0.723. The maximum absolute atomic E-state index is 4.41. The van der Waals surface area contributed by atoms with Gasteiger partial charge in [-0.15, -0.1) is 11.3 Å². The molecule has 1 aromatic rings. The van der Waals surface area contributed by atoms with Crippen LogP contribution in [0.1, 0.15) is 38.4 Å². The van der Waals surface area contributed by atoms with E-state index in [0.29, 0.717) is 12.1 Å². The molecule has 0 bridgehead atoms. The average molecular weight is 196 g/mol. The summed E-state index contributed by atoms with van der Waals surface area (Å²) in [6, 6.07) is 1.24. The molecule has 2 rings (SSSR count). The second-order valence-electron chi connectivity index (χ2n) is 3.90. The summed E-state index contributed by atoms with van der Waals surface area (Å²) in [4.78, 5) is 6.96. The fourth-order valence-corrected chi connectivity index (χ4v) is 2.71. The van der Waals surface area contributed by atoms with Crippen LogP contribution in [-0.4, -0.2) is 22.5 Å². The first kappa shape index (κ1) is 9.16. The molecule has 72 valence electrons. The number of hydrogen-bond acceptors (Lipinski definition) is 3. The Morgan fingerprint density at radius 2 is 2.46 bits per heavy atom. The van der Waals surface area contributed by atoms with E-state index < -0.39 is 0 Å². The summed E-state index contributed by atoms with van der Waals surface area (Å²) in [5.41, 5.74) is 3.21. The minimum atomic E-state index is 0.589. The summed E-state index contributed by atoms with van der Waals surface area (Å²) in [7, 11) is 0. The van der Waals surface area contributed by atoms with Crippen molar-refractivity contribution < 1.29 is 0 Å². The molecule has 1 saturated heterocycles. The standard InChI is InChI=1S/C10H16N2S/c1-8(2)12-5-3-4-10(12)9-6-13-7-11-9/h6-8,10H,3-5H2,1-2H3. The second kappa shape index (κ2) is 3.76. The van der Waals surface area contributed by atoms with Gasteiger partial charge in [-0.3, -0.25) is 4.90 Å². The van der Waals surface area contributed by atoms with Crippen LogP contribution in [0.15, 0.2) is 10.9 Å². The largest absolute Gasteiger partial charge is 0.292 e. The minimum absolute atomic E-state index is 0.589. The summed E-state index contributed by atoms with van der Waals surface area (Å²) < 4.78 is 0. The van der Waals surface area contributed by atoms with Crippen LogP contribution in [-0.2, 0) is 0 Å². The molecule has 0 radical (unpaired) electrons. The monoisotopic (exact) mass is 196 g/mol. The molecule has 1 fully saturated rings. The summed E-state index contributed by atoms with van der Waals surface area (Å²) in [5.74, 6) is 0. The zero-order valence-electron chi connectivity index (χ0n) is 8.23. The van der Waals surface area contributed by atoms with Crippen LogP contribution in [0.2, 0.25) is 0 Å². The highest BCUT2D eigenvalue weighted by Crippen LogP contribution is 2.32. The van der Waals surface area contributed by atoms with Crippen LogP contribution in [0.3, 0.4) is 0 Å². The minimum Gasteiger partial charge on any atom is -0.292 e. The van der Waals surface area contributed by atoms with Crippen LogP contribution in [0.25, 0.3) is 0 Å². The van der Waals surface area contributed by atoms with Crippen LogP contribution >= 0.6 is 11.3 Å². The number of aromatic nitrogens is 1. The number of likely N-dealkylation sites (tertiary alicyclic amines) is 1. The summed E-state index contributed by atoms with van der Waals surface area (Å²) >= 11 is 1.70. The van der Waals surface area contributed by atoms with Gasteiger partial charge in [0, 0.05) is 11.4 Å². The Bertz CT molecular complexity index is 256. The zero-order chi connectivity index (χ0) is 9.26. The normalized spacial score (nSPS) is 24.4. The third-order valence-corrected chi connectivity index (χ3v) is 3.36. The lowest BCUT2D eigenvalue weighted by atomic mass is 10.1. The predicted octanol–water partition coefficient (Wildman–Crippen LogP) is 2.69. The van der Waals surface area contributed by atoms with E-state index in [9.17, 15) is 0 Å². The van der Waals surface area contributed by atoms with E-state index in [1.165, 1.54) is 25.1 Å². The van der Waals surface area contributed by atoms with Gasteiger partial charge in [0.05, 0.1) is 17.2 Å². The molecular formula is C10H16N2S. The highest BCUT2D eigenvalue weighted by Gasteiger charge is 2.28. The fraction of sp³-hybridized carbons (Fsp3) is 0.700. The van der Waals surface area contributed by atoms with Crippen molar-refractivity contribution in [1.29, 1.82) is 0 Å². The maximum atomic E-state index is 4.41. The third-order valence-electron chi connectivity index (χ3n) is 2.75. The summed E-state index contributed by atoms with van der Waals surface area (Å²) in [6.45, 7) is 5.77. The molecule has 1 aromatic heterocycles. The van der Waals surface area contributed by atoms with E-state index in [1.54, 1.807) is 11.3 Å². The van der Waals surface area contributed by atoms with Crippen molar-refractivity contribution in [1.82, 2.24) is 9.88 Å². The molecule has 1 unspecified atom stereocenters. The Hall–Kier alpha value is -0.410. The first-order valence-electron chi connectivity index (χ1n) is 4.93. The van der Waals surface area contributed by atoms with Crippen LogP contribution in [0.5, 0.6) is 0 Å². The van der Waals surface area contributed by atoms with Crippen LogP contribution in [0, 0.1) is 0 Å². The van der Waals surface area contributed by atoms with Gasteiger partial charge in [-0.2, -0.15) is 0 Å². The van der Waals surface area contributed by atoms with Gasteiger partial charge in [0.15, 0.2) is 0 Å². The molecule has 1 atom stereocenters. The van der Waals surface area contributed by atoms with Crippen LogP contribution < -0.4 is 0 Å². The van der Waals surface area contributed by atoms with E-state index >= 15 is 0 Å². The molecule has 2 heterocycles. The molecular weight excluding hydrogens is 180 g/mol. The zero-order valence-corrected chi connectivity index (χ0v) is 9.05. The molecule has 0 aliphatic carbocycles. The lowest BCUT2D eigenvalue weighted by Gasteiger charge is -2.26. The van der Waals surface area contributed by atoms with Crippen molar-refractivity contribution in [2.45, 2.75) is 38.8 Å². The van der Waals surface area contributed by atoms with Crippen molar-refractivity contribution in [3.8, 4) is 0 Å². The lowest BCUT2D eigenvalue weighted by Crippen LogP contribution is -2.30. The first-order chi connectivity index (χ1) is 6.29. The Balaban J connectivity index is 2.14. The van der Waals surface area contributed by atoms with Crippen molar-refractivity contribution >= 4 is 11.3 Å². The van der Waals surface area contributed by atoms with Gasteiger partial charge in [0.2, 0.25) is 0 Å². The molecule has 13 heavy (non-hydrogen) atoms. The van der Waals surface area contributed by atoms with E-state index in [1.807, 2.05) is 5.51 Å².